The molecule has 1 fully saturated rings. The molecule has 0 aliphatic carbocycles. The first-order valence-corrected chi connectivity index (χ1v) is 8.97. The van der Waals surface area contributed by atoms with Crippen LogP contribution in [-0.2, 0) is 6.54 Å². The molecule has 24 heavy (non-hydrogen) atoms. The molecule has 0 unspecified atom stereocenters. The lowest BCUT2D eigenvalue weighted by molar-refractivity contribution is 0.303. The van der Waals surface area contributed by atoms with E-state index in [1.54, 1.807) is 7.11 Å². The van der Waals surface area contributed by atoms with Gasteiger partial charge in [0.2, 0.25) is 0 Å². The average molecular weight is 365 g/mol. The Bertz CT molecular complexity index is 693. The average Bonchev–Trinajstić information content (AvgIpc) is 2.60. The normalized spacial score (nSPS) is 20.8. The minimum absolute atomic E-state index is 0.252. The highest BCUT2D eigenvalue weighted by molar-refractivity contribution is 6.30. The van der Waals surface area contributed by atoms with E-state index < -0.39 is 0 Å². The van der Waals surface area contributed by atoms with E-state index in [1.807, 2.05) is 36.4 Å². The Morgan fingerprint density at radius 2 is 2.00 bits per heavy atom. The smallest absolute Gasteiger partial charge is 0.123 e. The summed E-state index contributed by atoms with van der Waals surface area (Å²) in [6.07, 6.45) is 2.27. The highest BCUT2D eigenvalue weighted by Gasteiger charge is 2.26. The lowest BCUT2D eigenvalue weighted by Gasteiger charge is -2.34. The molecule has 3 nitrogen and oxygen atoms in total. The van der Waals surface area contributed by atoms with E-state index in [2.05, 4.69) is 16.7 Å². The third kappa shape index (κ3) is 4.22. The quantitative estimate of drug-likeness (QED) is 0.814. The maximum atomic E-state index is 6.16. The number of halogens is 2. The first-order valence-electron chi connectivity index (χ1n) is 8.22. The van der Waals surface area contributed by atoms with Gasteiger partial charge in [-0.3, -0.25) is 0 Å². The molecule has 0 amide bonds. The van der Waals surface area contributed by atoms with Gasteiger partial charge in [0.1, 0.15) is 5.75 Å². The van der Waals surface area contributed by atoms with E-state index in [0.29, 0.717) is 12.6 Å². The second-order valence-electron chi connectivity index (χ2n) is 6.07. The zero-order valence-electron chi connectivity index (χ0n) is 13.7. The number of ether oxygens (including phenoxy) is 1. The zero-order valence-corrected chi connectivity index (χ0v) is 15.2. The fraction of sp³-hybridized carbons (Fsp3) is 0.368. The topological polar surface area (TPSA) is 33.3 Å². The number of nitrogens with one attached hydrogen (secondary N) is 2. The molecular formula is C19H22Cl2N2O. The van der Waals surface area contributed by atoms with E-state index in [9.17, 15) is 0 Å². The maximum Gasteiger partial charge on any atom is 0.123 e. The van der Waals surface area contributed by atoms with Crippen molar-refractivity contribution < 1.29 is 4.74 Å². The van der Waals surface area contributed by atoms with E-state index in [4.69, 9.17) is 27.9 Å². The summed E-state index contributed by atoms with van der Waals surface area (Å²) in [4.78, 5) is 0. The van der Waals surface area contributed by atoms with Crippen molar-refractivity contribution in [3.8, 4) is 5.75 Å². The molecule has 3 rings (SSSR count). The predicted molar refractivity (Wildman–Crippen MR) is 100 cm³/mol. The van der Waals surface area contributed by atoms with Gasteiger partial charge in [-0.2, -0.15) is 0 Å². The summed E-state index contributed by atoms with van der Waals surface area (Å²) in [5, 5.41) is 8.77. The van der Waals surface area contributed by atoms with Gasteiger partial charge in [-0.05, 0) is 55.3 Å². The molecule has 1 saturated heterocycles. The Hall–Kier alpha value is -1.26. The summed E-state index contributed by atoms with van der Waals surface area (Å²) in [5.41, 5.74) is 2.29. The predicted octanol–water partition coefficient (Wildman–Crippen LogP) is 4.58. The lowest BCUT2D eigenvalue weighted by Crippen LogP contribution is -2.45. The fourth-order valence-electron chi connectivity index (χ4n) is 3.28. The van der Waals surface area contributed by atoms with Crippen LogP contribution in [0.2, 0.25) is 10.0 Å². The summed E-state index contributed by atoms with van der Waals surface area (Å²) in [5.74, 6) is 0.856. The van der Waals surface area contributed by atoms with Crippen LogP contribution in [0, 0.1) is 0 Å². The number of benzene rings is 2. The molecule has 128 valence electrons. The molecule has 2 aromatic carbocycles. The van der Waals surface area contributed by atoms with Gasteiger partial charge >= 0.3 is 0 Å². The minimum atomic E-state index is 0.252. The molecule has 5 heteroatoms. The molecule has 0 aromatic heterocycles. The summed E-state index contributed by atoms with van der Waals surface area (Å²) in [6, 6.07) is 14.4. The van der Waals surface area contributed by atoms with Gasteiger partial charge in [0, 0.05) is 34.2 Å². The van der Waals surface area contributed by atoms with Crippen LogP contribution in [0.15, 0.2) is 42.5 Å². The SMILES string of the molecule is COc1ccc(Cl)cc1CN[C@H]1CCCN[C@H]1c1cccc(Cl)c1. The first-order chi connectivity index (χ1) is 11.7. The first kappa shape index (κ1) is 17.6. The molecule has 2 atom stereocenters. The summed E-state index contributed by atoms with van der Waals surface area (Å²) >= 11 is 12.3. The Morgan fingerprint density at radius 3 is 2.79 bits per heavy atom. The molecule has 0 bridgehead atoms. The molecule has 1 aliphatic heterocycles. The van der Waals surface area contributed by atoms with Crippen LogP contribution in [0.4, 0.5) is 0 Å². The monoisotopic (exact) mass is 364 g/mol. The van der Waals surface area contributed by atoms with E-state index >= 15 is 0 Å². The van der Waals surface area contributed by atoms with Crippen LogP contribution in [0.5, 0.6) is 5.75 Å². The van der Waals surface area contributed by atoms with Gasteiger partial charge in [0.25, 0.3) is 0 Å². The summed E-state index contributed by atoms with van der Waals surface area (Å²) < 4.78 is 5.44. The van der Waals surface area contributed by atoms with Crippen molar-refractivity contribution in [2.24, 2.45) is 0 Å². The van der Waals surface area contributed by atoms with E-state index in [0.717, 1.165) is 40.7 Å². The molecule has 0 saturated carbocycles. The van der Waals surface area contributed by atoms with Crippen LogP contribution < -0.4 is 15.4 Å². The molecule has 0 radical (unpaired) electrons. The van der Waals surface area contributed by atoms with Crippen LogP contribution in [0.1, 0.15) is 30.0 Å². The summed E-state index contributed by atoms with van der Waals surface area (Å²) in [6.45, 7) is 1.74. The van der Waals surface area contributed by atoms with Gasteiger partial charge in [0.05, 0.1) is 7.11 Å². The van der Waals surface area contributed by atoms with Crippen molar-refractivity contribution in [3.05, 3.63) is 63.6 Å². The Balaban J connectivity index is 1.74. The molecule has 2 aromatic rings. The number of piperidine rings is 1. The second kappa shape index (κ2) is 8.21. The third-order valence-corrected chi connectivity index (χ3v) is 4.93. The second-order valence-corrected chi connectivity index (χ2v) is 6.95. The Labute approximate surface area is 153 Å². The molecule has 0 spiro atoms. The van der Waals surface area contributed by atoms with Crippen molar-refractivity contribution in [2.75, 3.05) is 13.7 Å². The van der Waals surface area contributed by atoms with Crippen LogP contribution in [0.3, 0.4) is 0 Å². The van der Waals surface area contributed by atoms with Crippen LogP contribution >= 0.6 is 23.2 Å². The summed E-state index contributed by atoms with van der Waals surface area (Å²) in [7, 11) is 1.68. The van der Waals surface area contributed by atoms with Gasteiger partial charge in [-0.25, -0.2) is 0 Å². The maximum absolute atomic E-state index is 6.16. The number of hydrogen-bond donors (Lipinski definition) is 2. The van der Waals surface area contributed by atoms with Crippen LogP contribution in [0.25, 0.3) is 0 Å². The van der Waals surface area contributed by atoms with Gasteiger partial charge < -0.3 is 15.4 Å². The van der Waals surface area contributed by atoms with Gasteiger partial charge in [-0.1, -0.05) is 35.3 Å². The number of rotatable bonds is 5. The van der Waals surface area contributed by atoms with E-state index in [-0.39, 0.29) is 6.04 Å². The molecular weight excluding hydrogens is 343 g/mol. The van der Waals surface area contributed by atoms with Crippen molar-refractivity contribution in [1.29, 1.82) is 0 Å². The van der Waals surface area contributed by atoms with Crippen molar-refractivity contribution in [3.63, 3.8) is 0 Å². The van der Waals surface area contributed by atoms with Crippen molar-refractivity contribution in [1.82, 2.24) is 10.6 Å². The highest BCUT2D eigenvalue weighted by Crippen LogP contribution is 2.27. The molecule has 2 N–H and O–H groups in total. The Morgan fingerprint density at radius 1 is 1.17 bits per heavy atom. The minimum Gasteiger partial charge on any atom is -0.496 e. The van der Waals surface area contributed by atoms with Crippen molar-refractivity contribution >= 4 is 23.2 Å². The molecule has 1 aliphatic rings. The number of hydrogen-bond acceptors (Lipinski definition) is 3. The zero-order chi connectivity index (χ0) is 16.9. The van der Waals surface area contributed by atoms with E-state index in [1.165, 1.54) is 5.56 Å². The lowest BCUT2D eigenvalue weighted by atomic mass is 9.92. The van der Waals surface area contributed by atoms with Crippen molar-refractivity contribution in [2.45, 2.75) is 31.5 Å². The standard InChI is InChI=1S/C19H22Cl2N2O/c1-24-18-8-7-16(21)11-14(18)12-23-17-6-3-9-22-19(17)13-4-2-5-15(20)10-13/h2,4-5,7-8,10-11,17,19,22-23H,3,6,9,12H2,1H3/t17-,19-/m0/s1. The Kier molecular flexibility index (Phi) is 6.01. The highest BCUT2D eigenvalue weighted by atomic mass is 35.5. The fourth-order valence-corrected chi connectivity index (χ4v) is 3.68. The third-order valence-electron chi connectivity index (χ3n) is 4.46. The van der Waals surface area contributed by atoms with Gasteiger partial charge in [0.15, 0.2) is 0 Å². The van der Waals surface area contributed by atoms with Crippen LogP contribution in [-0.4, -0.2) is 19.7 Å². The molecule has 1 heterocycles. The largest absolute Gasteiger partial charge is 0.496 e. The number of methoxy groups -OCH3 is 1. The van der Waals surface area contributed by atoms with Gasteiger partial charge in [-0.15, -0.1) is 0 Å².